The highest BCUT2D eigenvalue weighted by Gasteiger charge is 2.30. The third-order valence-corrected chi connectivity index (χ3v) is 8.15. The van der Waals surface area contributed by atoms with E-state index in [1.807, 2.05) is 12.1 Å². The number of hydrogen-bond acceptors (Lipinski definition) is 6. The number of para-hydroxylation sites is 1. The van der Waals surface area contributed by atoms with Gasteiger partial charge in [-0.2, -0.15) is 0 Å². The first-order chi connectivity index (χ1) is 15.4. The molecule has 32 heavy (non-hydrogen) atoms. The number of carbonyl (C=O) groups excluding carboxylic acids is 1. The van der Waals surface area contributed by atoms with Crippen molar-refractivity contribution in [1.82, 2.24) is 9.55 Å². The van der Waals surface area contributed by atoms with E-state index >= 15 is 0 Å². The molecule has 1 aliphatic carbocycles. The summed E-state index contributed by atoms with van der Waals surface area (Å²) in [4.78, 5) is 29.8. The Morgan fingerprint density at radius 2 is 1.81 bits per heavy atom. The molecule has 0 bridgehead atoms. The third-order valence-electron chi connectivity index (χ3n) is 5.87. The van der Waals surface area contributed by atoms with Crippen LogP contribution in [0.2, 0.25) is 0 Å². The molecule has 0 aliphatic heterocycles. The first-order valence-electron chi connectivity index (χ1n) is 10.4. The highest BCUT2D eigenvalue weighted by atomic mass is 32.2. The minimum atomic E-state index is -3.35. The van der Waals surface area contributed by atoms with Crippen LogP contribution in [-0.2, 0) is 21.2 Å². The Morgan fingerprint density at radius 3 is 2.56 bits per heavy atom. The summed E-state index contributed by atoms with van der Waals surface area (Å²) >= 11 is 0. The Labute approximate surface area is 183 Å². The third kappa shape index (κ3) is 3.58. The number of carbonyl (C=O) groups is 1. The van der Waals surface area contributed by atoms with Gasteiger partial charge in [0.15, 0.2) is 9.84 Å². The number of aromatic nitrogens is 2. The number of amides is 1. The number of rotatable bonds is 5. The predicted molar refractivity (Wildman–Crippen MR) is 120 cm³/mol. The quantitative estimate of drug-likeness (QED) is 0.497. The topological polar surface area (TPSA) is 111 Å². The van der Waals surface area contributed by atoms with Crippen molar-refractivity contribution in [3.05, 3.63) is 65.2 Å². The smallest absolute Gasteiger partial charge is 0.297 e. The average molecular weight is 452 g/mol. The van der Waals surface area contributed by atoms with Gasteiger partial charge in [0.25, 0.3) is 5.56 Å². The Morgan fingerprint density at radius 1 is 1.09 bits per heavy atom. The number of fused-ring (bicyclic) bond motifs is 3. The van der Waals surface area contributed by atoms with E-state index in [9.17, 15) is 18.0 Å². The Bertz CT molecular complexity index is 1480. The first-order valence-corrected chi connectivity index (χ1v) is 12.0. The number of nitrogens with one attached hydrogen (secondary N) is 1. The Balaban J connectivity index is 1.32. The molecule has 0 atom stereocenters. The second kappa shape index (κ2) is 7.90. The lowest BCUT2D eigenvalue weighted by molar-refractivity contribution is -0.116. The van der Waals surface area contributed by atoms with Crippen molar-refractivity contribution in [2.75, 3.05) is 5.32 Å². The predicted octanol–water partition coefficient (Wildman–Crippen LogP) is 3.50. The number of benzene rings is 2. The zero-order valence-corrected chi connectivity index (χ0v) is 18.0. The molecule has 2 aromatic carbocycles. The average Bonchev–Trinajstić information content (AvgIpc) is 3.45. The Hall–Kier alpha value is -3.46. The largest absolute Gasteiger partial charge is 0.448 e. The van der Waals surface area contributed by atoms with Gasteiger partial charge in [-0.3, -0.25) is 14.2 Å². The van der Waals surface area contributed by atoms with E-state index < -0.39 is 21.3 Å². The van der Waals surface area contributed by atoms with Crippen molar-refractivity contribution in [2.45, 2.75) is 42.4 Å². The van der Waals surface area contributed by atoms with Gasteiger partial charge < -0.3 is 9.73 Å². The van der Waals surface area contributed by atoms with Crippen LogP contribution in [-0.4, -0.2) is 29.1 Å². The molecule has 1 aliphatic rings. The van der Waals surface area contributed by atoms with E-state index in [0.717, 1.165) is 18.2 Å². The summed E-state index contributed by atoms with van der Waals surface area (Å²) in [6, 6.07) is 13.4. The van der Waals surface area contributed by atoms with Crippen molar-refractivity contribution in [3.63, 3.8) is 0 Å². The van der Waals surface area contributed by atoms with Crippen LogP contribution in [0.4, 0.5) is 5.69 Å². The number of hydrogen-bond donors (Lipinski definition) is 1. The molecule has 2 heterocycles. The lowest BCUT2D eigenvalue weighted by atomic mass is 10.2. The zero-order chi connectivity index (χ0) is 22.3. The fourth-order valence-corrected chi connectivity index (χ4v) is 6.06. The maximum Gasteiger partial charge on any atom is 0.297 e. The van der Waals surface area contributed by atoms with Crippen LogP contribution < -0.4 is 10.9 Å². The van der Waals surface area contributed by atoms with Crippen molar-refractivity contribution in [2.24, 2.45) is 0 Å². The monoisotopic (exact) mass is 451 g/mol. The molecule has 0 unspecified atom stereocenters. The highest BCUT2D eigenvalue weighted by molar-refractivity contribution is 7.92. The minimum absolute atomic E-state index is 0.1000. The summed E-state index contributed by atoms with van der Waals surface area (Å²) in [5, 5.41) is 3.10. The Kier molecular flexibility index (Phi) is 5.05. The van der Waals surface area contributed by atoms with Crippen LogP contribution in [0.3, 0.4) is 0 Å². The molecule has 4 aromatic rings. The summed E-state index contributed by atoms with van der Waals surface area (Å²) < 4.78 is 32.2. The molecule has 0 radical (unpaired) electrons. The van der Waals surface area contributed by atoms with E-state index in [4.69, 9.17) is 4.42 Å². The van der Waals surface area contributed by atoms with Gasteiger partial charge in [0.1, 0.15) is 17.6 Å². The lowest BCUT2D eigenvalue weighted by Gasteiger charge is -2.12. The van der Waals surface area contributed by atoms with E-state index in [1.165, 1.54) is 23.0 Å². The van der Waals surface area contributed by atoms with Crippen molar-refractivity contribution in [3.8, 4) is 0 Å². The summed E-state index contributed by atoms with van der Waals surface area (Å²) in [5.41, 5.74) is 1.12. The standard InChI is InChI=1S/C23H21N3O5S/c27-20(25-15-9-11-17(12-10-15)32(29,30)16-5-1-2-6-16)13-26-14-24-21-18-7-3-4-8-19(18)31-22(21)23(26)28/h3-4,7-12,14,16H,1-2,5-6,13H2,(H,25,27). The van der Waals surface area contributed by atoms with E-state index in [2.05, 4.69) is 10.3 Å². The van der Waals surface area contributed by atoms with Crippen LogP contribution >= 0.6 is 0 Å². The number of furan rings is 1. The molecule has 1 amide bonds. The summed E-state index contributed by atoms with van der Waals surface area (Å²) in [6.07, 6.45) is 4.58. The van der Waals surface area contributed by atoms with Gasteiger partial charge in [0.2, 0.25) is 11.5 Å². The molecular weight excluding hydrogens is 430 g/mol. The van der Waals surface area contributed by atoms with Crippen LogP contribution in [0.1, 0.15) is 25.7 Å². The first kappa shape index (κ1) is 20.4. The van der Waals surface area contributed by atoms with Crippen LogP contribution in [0, 0.1) is 0 Å². The summed E-state index contributed by atoms with van der Waals surface area (Å²) in [6.45, 7) is -0.249. The molecule has 1 fully saturated rings. The maximum absolute atomic E-state index is 12.7. The van der Waals surface area contributed by atoms with Crippen LogP contribution in [0.25, 0.3) is 22.1 Å². The van der Waals surface area contributed by atoms with Gasteiger partial charge in [-0.25, -0.2) is 13.4 Å². The zero-order valence-electron chi connectivity index (χ0n) is 17.2. The highest BCUT2D eigenvalue weighted by Crippen LogP contribution is 2.30. The van der Waals surface area contributed by atoms with Crippen molar-refractivity contribution in [1.29, 1.82) is 0 Å². The molecule has 0 spiro atoms. The van der Waals surface area contributed by atoms with E-state index in [-0.39, 0.29) is 22.3 Å². The summed E-state index contributed by atoms with van der Waals surface area (Å²) in [7, 11) is -3.35. The van der Waals surface area contributed by atoms with Gasteiger partial charge in [-0.15, -0.1) is 0 Å². The molecule has 164 valence electrons. The van der Waals surface area contributed by atoms with Crippen LogP contribution in [0.15, 0.2) is 69.0 Å². The summed E-state index contributed by atoms with van der Waals surface area (Å²) in [5.74, 6) is -0.434. The maximum atomic E-state index is 12.7. The van der Waals surface area contributed by atoms with Crippen LogP contribution in [0.5, 0.6) is 0 Å². The van der Waals surface area contributed by atoms with Gasteiger partial charge in [-0.05, 0) is 49.2 Å². The fraction of sp³-hybridized carbons (Fsp3) is 0.261. The second-order valence-corrected chi connectivity index (χ2v) is 10.2. The molecule has 9 heteroatoms. The number of anilines is 1. The molecule has 1 N–H and O–H groups in total. The molecular formula is C23H21N3O5S. The lowest BCUT2D eigenvalue weighted by Crippen LogP contribution is -2.27. The fourth-order valence-electron chi connectivity index (χ4n) is 4.20. The van der Waals surface area contributed by atoms with Gasteiger partial charge in [0.05, 0.1) is 16.5 Å². The van der Waals surface area contributed by atoms with Gasteiger partial charge in [-0.1, -0.05) is 25.0 Å². The van der Waals surface area contributed by atoms with Crippen molar-refractivity contribution >= 4 is 43.5 Å². The molecule has 0 saturated heterocycles. The number of nitrogens with zero attached hydrogens (tertiary/aromatic N) is 2. The van der Waals surface area contributed by atoms with Crippen molar-refractivity contribution < 1.29 is 17.6 Å². The molecule has 8 nitrogen and oxygen atoms in total. The van der Waals surface area contributed by atoms with Gasteiger partial charge >= 0.3 is 0 Å². The normalized spacial score (nSPS) is 14.9. The molecule has 2 aromatic heterocycles. The van der Waals surface area contributed by atoms with E-state index in [1.54, 1.807) is 24.3 Å². The molecule has 1 saturated carbocycles. The second-order valence-electron chi connectivity index (χ2n) is 7.98. The van der Waals surface area contributed by atoms with Gasteiger partial charge in [0, 0.05) is 11.1 Å². The SMILES string of the molecule is O=C(Cn1cnc2c(oc3ccccc32)c1=O)Nc1ccc(S(=O)(=O)C2CCCC2)cc1. The minimum Gasteiger partial charge on any atom is -0.448 e. The van der Waals surface area contributed by atoms with E-state index in [0.29, 0.717) is 29.6 Å². The number of sulfone groups is 1. The molecule has 5 rings (SSSR count).